The third-order valence-corrected chi connectivity index (χ3v) is 4.00. The normalized spacial score (nSPS) is 11.3. The van der Waals surface area contributed by atoms with Gasteiger partial charge in [0.15, 0.2) is 0 Å². The molecule has 0 fully saturated rings. The maximum Gasteiger partial charge on any atom is 0.253 e. The van der Waals surface area contributed by atoms with E-state index in [9.17, 15) is 4.79 Å². The molecular weight excluding hydrogens is 260 g/mol. The van der Waals surface area contributed by atoms with Crippen LogP contribution in [0.5, 0.6) is 0 Å². The lowest BCUT2D eigenvalue weighted by atomic mass is 9.85. The lowest BCUT2D eigenvalue weighted by Crippen LogP contribution is -2.34. The molecule has 1 rings (SSSR count). The van der Waals surface area contributed by atoms with Gasteiger partial charge in [0.25, 0.3) is 5.91 Å². The predicted octanol–water partition coefficient (Wildman–Crippen LogP) is 4.08. The summed E-state index contributed by atoms with van der Waals surface area (Å²) in [5.74, 6) is 1.65. The van der Waals surface area contributed by atoms with Gasteiger partial charge in [-0.15, -0.1) is 0 Å². The standard InChI is InChI=1S/C18H30N2O/c1-7-19-17-10-14(6)8-9-15(17)18(21)20-11-16(12(2)3)13(4)5/h8-10,12-13,16,19H,7,11H2,1-6H3,(H,20,21). The Morgan fingerprint density at radius 3 is 2.29 bits per heavy atom. The van der Waals surface area contributed by atoms with Crippen molar-refractivity contribution < 1.29 is 4.79 Å². The van der Waals surface area contributed by atoms with Crippen molar-refractivity contribution in [2.24, 2.45) is 17.8 Å². The van der Waals surface area contributed by atoms with Crippen LogP contribution >= 0.6 is 0 Å². The number of carbonyl (C=O) groups excluding carboxylic acids is 1. The maximum atomic E-state index is 12.5. The second kappa shape index (κ2) is 8.06. The van der Waals surface area contributed by atoms with E-state index >= 15 is 0 Å². The van der Waals surface area contributed by atoms with Gasteiger partial charge in [-0.1, -0.05) is 33.8 Å². The van der Waals surface area contributed by atoms with E-state index in [1.807, 2.05) is 32.0 Å². The summed E-state index contributed by atoms with van der Waals surface area (Å²) >= 11 is 0. The molecule has 0 atom stereocenters. The summed E-state index contributed by atoms with van der Waals surface area (Å²) in [6.45, 7) is 14.5. The molecular formula is C18H30N2O. The molecule has 0 spiro atoms. The Morgan fingerprint density at radius 1 is 1.14 bits per heavy atom. The zero-order valence-corrected chi connectivity index (χ0v) is 14.3. The summed E-state index contributed by atoms with van der Waals surface area (Å²) in [6.07, 6.45) is 0. The Balaban J connectivity index is 2.80. The maximum absolute atomic E-state index is 12.5. The van der Waals surface area contributed by atoms with Crippen LogP contribution in [0.3, 0.4) is 0 Å². The minimum absolute atomic E-state index is 0.0113. The van der Waals surface area contributed by atoms with Crippen LogP contribution in [0.25, 0.3) is 0 Å². The molecule has 0 aliphatic heterocycles. The molecule has 0 bridgehead atoms. The highest BCUT2D eigenvalue weighted by Gasteiger charge is 2.19. The Bertz CT molecular complexity index is 458. The average molecular weight is 290 g/mol. The van der Waals surface area contributed by atoms with Crippen molar-refractivity contribution in [3.05, 3.63) is 29.3 Å². The molecule has 0 aliphatic rings. The zero-order chi connectivity index (χ0) is 16.0. The fourth-order valence-electron chi connectivity index (χ4n) is 2.74. The summed E-state index contributed by atoms with van der Waals surface area (Å²) in [7, 11) is 0. The number of hydrogen-bond donors (Lipinski definition) is 2. The highest BCUT2D eigenvalue weighted by atomic mass is 16.1. The fraction of sp³-hybridized carbons (Fsp3) is 0.611. The van der Waals surface area contributed by atoms with Crippen LogP contribution in [0.15, 0.2) is 18.2 Å². The van der Waals surface area contributed by atoms with E-state index in [4.69, 9.17) is 0 Å². The molecule has 118 valence electrons. The smallest absolute Gasteiger partial charge is 0.253 e. The Morgan fingerprint density at radius 2 is 1.76 bits per heavy atom. The highest BCUT2D eigenvalue weighted by molar-refractivity contribution is 5.99. The van der Waals surface area contributed by atoms with Crippen molar-refractivity contribution in [2.75, 3.05) is 18.4 Å². The summed E-state index contributed by atoms with van der Waals surface area (Å²) < 4.78 is 0. The minimum Gasteiger partial charge on any atom is -0.385 e. The van der Waals surface area contributed by atoms with Crippen LogP contribution in [-0.2, 0) is 0 Å². The SMILES string of the molecule is CCNc1cc(C)ccc1C(=O)NCC(C(C)C)C(C)C. The number of amides is 1. The van der Waals surface area contributed by atoms with Gasteiger partial charge in [0, 0.05) is 18.8 Å². The first-order valence-electron chi connectivity index (χ1n) is 7.99. The van der Waals surface area contributed by atoms with Gasteiger partial charge in [0.2, 0.25) is 0 Å². The summed E-state index contributed by atoms with van der Waals surface area (Å²) in [5.41, 5.74) is 2.80. The molecule has 3 nitrogen and oxygen atoms in total. The van der Waals surface area contributed by atoms with Crippen molar-refractivity contribution >= 4 is 11.6 Å². The van der Waals surface area contributed by atoms with E-state index in [0.717, 1.165) is 29.9 Å². The summed E-state index contributed by atoms with van der Waals surface area (Å²) in [4.78, 5) is 12.5. The van der Waals surface area contributed by atoms with Crippen LogP contribution in [0.1, 0.15) is 50.5 Å². The number of rotatable bonds is 7. The van der Waals surface area contributed by atoms with E-state index in [-0.39, 0.29) is 5.91 Å². The van der Waals surface area contributed by atoms with Gasteiger partial charge in [0.1, 0.15) is 0 Å². The van der Waals surface area contributed by atoms with Gasteiger partial charge in [-0.05, 0) is 49.3 Å². The molecule has 0 unspecified atom stereocenters. The molecule has 0 saturated heterocycles. The van der Waals surface area contributed by atoms with Crippen LogP contribution in [0.4, 0.5) is 5.69 Å². The zero-order valence-electron chi connectivity index (χ0n) is 14.3. The molecule has 0 radical (unpaired) electrons. The van der Waals surface area contributed by atoms with Gasteiger partial charge in [-0.25, -0.2) is 0 Å². The molecule has 2 N–H and O–H groups in total. The topological polar surface area (TPSA) is 41.1 Å². The molecule has 21 heavy (non-hydrogen) atoms. The molecule has 0 aromatic heterocycles. The third kappa shape index (κ3) is 5.07. The number of hydrogen-bond acceptors (Lipinski definition) is 2. The number of benzene rings is 1. The van der Waals surface area contributed by atoms with Crippen LogP contribution in [-0.4, -0.2) is 19.0 Å². The van der Waals surface area contributed by atoms with E-state index in [2.05, 4.69) is 38.3 Å². The number of anilines is 1. The Labute approximate surface area is 129 Å². The number of nitrogens with one attached hydrogen (secondary N) is 2. The first kappa shape index (κ1) is 17.5. The summed E-state index contributed by atoms with van der Waals surface area (Å²) in [5, 5.41) is 6.37. The van der Waals surface area contributed by atoms with Gasteiger partial charge < -0.3 is 10.6 Å². The van der Waals surface area contributed by atoms with Crippen molar-refractivity contribution in [3.8, 4) is 0 Å². The van der Waals surface area contributed by atoms with Crippen molar-refractivity contribution in [1.29, 1.82) is 0 Å². The van der Waals surface area contributed by atoms with E-state index in [1.165, 1.54) is 0 Å². The van der Waals surface area contributed by atoms with Crippen LogP contribution < -0.4 is 10.6 Å². The largest absolute Gasteiger partial charge is 0.385 e. The van der Waals surface area contributed by atoms with E-state index in [0.29, 0.717) is 17.8 Å². The molecule has 1 aromatic carbocycles. The van der Waals surface area contributed by atoms with Crippen molar-refractivity contribution in [2.45, 2.75) is 41.5 Å². The molecule has 0 aliphatic carbocycles. The number of carbonyl (C=O) groups is 1. The first-order valence-corrected chi connectivity index (χ1v) is 7.99. The second-order valence-corrected chi connectivity index (χ2v) is 6.44. The predicted molar refractivity (Wildman–Crippen MR) is 90.8 cm³/mol. The molecule has 1 amide bonds. The fourth-order valence-corrected chi connectivity index (χ4v) is 2.74. The quantitative estimate of drug-likeness (QED) is 0.794. The highest BCUT2D eigenvalue weighted by Crippen LogP contribution is 2.21. The molecule has 1 aromatic rings. The first-order chi connectivity index (χ1) is 9.86. The van der Waals surface area contributed by atoms with E-state index < -0.39 is 0 Å². The van der Waals surface area contributed by atoms with Gasteiger partial charge in [0.05, 0.1) is 5.56 Å². The lowest BCUT2D eigenvalue weighted by Gasteiger charge is -2.25. The van der Waals surface area contributed by atoms with Gasteiger partial charge in [-0.3, -0.25) is 4.79 Å². The van der Waals surface area contributed by atoms with E-state index in [1.54, 1.807) is 0 Å². The van der Waals surface area contributed by atoms with Crippen LogP contribution in [0, 0.1) is 24.7 Å². The number of aryl methyl sites for hydroxylation is 1. The summed E-state index contributed by atoms with van der Waals surface area (Å²) in [6, 6.07) is 5.92. The van der Waals surface area contributed by atoms with Crippen molar-refractivity contribution in [1.82, 2.24) is 5.32 Å². The average Bonchev–Trinajstić information content (AvgIpc) is 2.38. The molecule has 0 heterocycles. The third-order valence-electron chi connectivity index (χ3n) is 4.00. The molecule has 0 saturated carbocycles. The monoisotopic (exact) mass is 290 g/mol. The van der Waals surface area contributed by atoms with Crippen LogP contribution in [0.2, 0.25) is 0 Å². The molecule has 3 heteroatoms. The second-order valence-electron chi connectivity index (χ2n) is 6.44. The Hall–Kier alpha value is -1.51. The van der Waals surface area contributed by atoms with Gasteiger partial charge in [-0.2, -0.15) is 0 Å². The lowest BCUT2D eigenvalue weighted by molar-refractivity contribution is 0.0938. The van der Waals surface area contributed by atoms with Crippen molar-refractivity contribution in [3.63, 3.8) is 0 Å². The van der Waals surface area contributed by atoms with Gasteiger partial charge >= 0.3 is 0 Å². The minimum atomic E-state index is 0.0113. The Kier molecular flexibility index (Phi) is 6.73.